The van der Waals surface area contributed by atoms with Crippen LogP contribution in [-0.2, 0) is 4.79 Å². The fraction of sp³-hybridized carbons (Fsp3) is 0.333. The number of nitrogens with one attached hydrogen (secondary N) is 3. The maximum absolute atomic E-state index is 12.2. The summed E-state index contributed by atoms with van der Waals surface area (Å²) in [6.45, 7) is 6.66. The van der Waals surface area contributed by atoms with Crippen LogP contribution in [0, 0.1) is 0 Å². The van der Waals surface area contributed by atoms with Crippen molar-refractivity contribution in [2.75, 3.05) is 23.7 Å². The highest BCUT2D eigenvalue weighted by molar-refractivity contribution is 5.96. The fourth-order valence-corrected chi connectivity index (χ4v) is 2.40. The third-order valence-corrected chi connectivity index (χ3v) is 3.66. The van der Waals surface area contributed by atoms with Gasteiger partial charge in [0.25, 0.3) is 5.91 Å². The SMILES string of the molecule is CCCNC(=O)c1ccc(NC(=O)CNc2ccccc2OC(C)C)cc1. The molecule has 0 bridgehead atoms. The van der Waals surface area contributed by atoms with Crippen LogP contribution in [0.5, 0.6) is 5.75 Å². The first kappa shape index (κ1) is 20.3. The van der Waals surface area contributed by atoms with Gasteiger partial charge >= 0.3 is 0 Å². The third kappa shape index (κ3) is 6.66. The minimum atomic E-state index is -0.183. The zero-order chi connectivity index (χ0) is 19.6. The molecule has 0 spiro atoms. The second kappa shape index (κ2) is 10.2. The molecule has 0 aliphatic rings. The van der Waals surface area contributed by atoms with Crippen LogP contribution in [0.15, 0.2) is 48.5 Å². The van der Waals surface area contributed by atoms with Crippen molar-refractivity contribution in [3.05, 3.63) is 54.1 Å². The summed E-state index contributed by atoms with van der Waals surface area (Å²) in [6, 6.07) is 14.3. The van der Waals surface area contributed by atoms with Crippen molar-refractivity contribution in [3.63, 3.8) is 0 Å². The van der Waals surface area contributed by atoms with Gasteiger partial charge in [0, 0.05) is 17.8 Å². The molecule has 3 N–H and O–H groups in total. The van der Waals surface area contributed by atoms with Crippen LogP contribution in [0.25, 0.3) is 0 Å². The molecule has 6 nitrogen and oxygen atoms in total. The van der Waals surface area contributed by atoms with E-state index >= 15 is 0 Å². The highest BCUT2D eigenvalue weighted by Gasteiger charge is 2.08. The Morgan fingerprint density at radius 2 is 1.74 bits per heavy atom. The van der Waals surface area contributed by atoms with Crippen LogP contribution in [0.1, 0.15) is 37.6 Å². The summed E-state index contributed by atoms with van der Waals surface area (Å²) < 4.78 is 5.73. The molecular weight excluding hydrogens is 342 g/mol. The number of rotatable bonds is 9. The zero-order valence-electron chi connectivity index (χ0n) is 16.0. The number of hydrogen-bond acceptors (Lipinski definition) is 4. The van der Waals surface area contributed by atoms with Gasteiger partial charge in [-0.25, -0.2) is 0 Å². The highest BCUT2D eigenvalue weighted by Crippen LogP contribution is 2.24. The lowest BCUT2D eigenvalue weighted by atomic mass is 10.2. The molecule has 27 heavy (non-hydrogen) atoms. The summed E-state index contributed by atoms with van der Waals surface area (Å²) in [6.07, 6.45) is 0.938. The normalized spacial score (nSPS) is 10.4. The molecule has 0 saturated heterocycles. The number of carbonyl (C=O) groups is 2. The Bertz CT molecular complexity index is 758. The number of ether oxygens (including phenoxy) is 1. The molecule has 0 heterocycles. The fourth-order valence-electron chi connectivity index (χ4n) is 2.40. The summed E-state index contributed by atoms with van der Waals surface area (Å²) in [5.41, 5.74) is 1.98. The van der Waals surface area contributed by atoms with Crippen molar-refractivity contribution in [2.24, 2.45) is 0 Å². The van der Waals surface area contributed by atoms with E-state index in [2.05, 4.69) is 16.0 Å². The monoisotopic (exact) mass is 369 g/mol. The first-order valence-electron chi connectivity index (χ1n) is 9.17. The Hall–Kier alpha value is -3.02. The van der Waals surface area contributed by atoms with E-state index in [0.717, 1.165) is 12.1 Å². The molecule has 0 atom stereocenters. The average Bonchev–Trinajstić information content (AvgIpc) is 2.65. The summed E-state index contributed by atoms with van der Waals surface area (Å²) in [5.74, 6) is 0.415. The molecule has 0 fully saturated rings. The summed E-state index contributed by atoms with van der Waals surface area (Å²) >= 11 is 0. The lowest BCUT2D eigenvalue weighted by Crippen LogP contribution is -2.24. The van der Waals surface area contributed by atoms with Gasteiger partial charge in [-0.3, -0.25) is 9.59 Å². The molecule has 0 unspecified atom stereocenters. The number of hydrogen-bond donors (Lipinski definition) is 3. The van der Waals surface area contributed by atoms with Crippen LogP contribution in [0.4, 0.5) is 11.4 Å². The van der Waals surface area contributed by atoms with Gasteiger partial charge < -0.3 is 20.7 Å². The van der Waals surface area contributed by atoms with Crippen molar-refractivity contribution in [1.29, 1.82) is 0 Å². The van der Waals surface area contributed by atoms with Crippen molar-refractivity contribution >= 4 is 23.2 Å². The Labute approximate surface area is 160 Å². The number of carbonyl (C=O) groups excluding carboxylic acids is 2. The first-order chi connectivity index (χ1) is 13.0. The smallest absolute Gasteiger partial charge is 0.251 e. The number of amides is 2. The lowest BCUT2D eigenvalue weighted by molar-refractivity contribution is -0.114. The Balaban J connectivity index is 1.88. The Morgan fingerprint density at radius 1 is 1.04 bits per heavy atom. The summed E-state index contributed by atoms with van der Waals surface area (Å²) in [4.78, 5) is 24.1. The van der Waals surface area contributed by atoms with Gasteiger partial charge in [-0.1, -0.05) is 19.1 Å². The molecule has 2 aromatic rings. The number of anilines is 2. The van der Waals surface area contributed by atoms with Crippen molar-refractivity contribution in [1.82, 2.24) is 5.32 Å². The Morgan fingerprint density at radius 3 is 2.41 bits per heavy atom. The number of para-hydroxylation sites is 2. The van der Waals surface area contributed by atoms with Gasteiger partial charge in [-0.2, -0.15) is 0 Å². The van der Waals surface area contributed by atoms with E-state index in [0.29, 0.717) is 23.5 Å². The predicted octanol–water partition coefficient (Wildman–Crippen LogP) is 3.66. The third-order valence-electron chi connectivity index (χ3n) is 3.66. The molecule has 0 aliphatic heterocycles. The van der Waals surface area contributed by atoms with Gasteiger partial charge in [-0.05, 0) is 56.7 Å². The predicted molar refractivity (Wildman–Crippen MR) is 108 cm³/mol. The van der Waals surface area contributed by atoms with Crippen molar-refractivity contribution < 1.29 is 14.3 Å². The molecule has 6 heteroatoms. The minimum absolute atomic E-state index is 0.0508. The summed E-state index contributed by atoms with van der Waals surface area (Å²) in [5, 5.41) is 8.72. The molecular formula is C21H27N3O3. The van der Waals surface area contributed by atoms with Gasteiger partial charge in [0.2, 0.25) is 5.91 Å². The van der Waals surface area contributed by atoms with Gasteiger partial charge in [-0.15, -0.1) is 0 Å². The van der Waals surface area contributed by atoms with Gasteiger partial charge in [0.1, 0.15) is 5.75 Å². The Kier molecular flexibility index (Phi) is 7.67. The largest absolute Gasteiger partial charge is 0.489 e. The molecule has 0 saturated carbocycles. The van der Waals surface area contributed by atoms with E-state index in [4.69, 9.17) is 4.74 Å². The van der Waals surface area contributed by atoms with E-state index in [9.17, 15) is 9.59 Å². The molecule has 2 rings (SSSR count). The molecule has 0 radical (unpaired) electrons. The van der Waals surface area contributed by atoms with Crippen LogP contribution in [-0.4, -0.2) is 31.0 Å². The maximum Gasteiger partial charge on any atom is 0.251 e. The standard InChI is InChI=1S/C21H27N3O3/c1-4-13-22-21(26)16-9-11-17(12-10-16)24-20(25)14-23-18-7-5-6-8-19(18)27-15(2)3/h5-12,15,23H,4,13-14H2,1-3H3,(H,22,26)(H,24,25). The van der Waals surface area contributed by atoms with E-state index in [1.807, 2.05) is 45.0 Å². The highest BCUT2D eigenvalue weighted by atomic mass is 16.5. The molecule has 0 aromatic heterocycles. The molecule has 0 aliphatic carbocycles. The van der Waals surface area contributed by atoms with Crippen LogP contribution >= 0.6 is 0 Å². The second-order valence-corrected chi connectivity index (χ2v) is 6.40. The van der Waals surface area contributed by atoms with E-state index in [1.54, 1.807) is 24.3 Å². The number of benzene rings is 2. The van der Waals surface area contributed by atoms with Crippen LogP contribution in [0.2, 0.25) is 0 Å². The van der Waals surface area contributed by atoms with Gasteiger partial charge in [0.15, 0.2) is 0 Å². The van der Waals surface area contributed by atoms with Gasteiger partial charge in [0.05, 0.1) is 18.3 Å². The van der Waals surface area contributed by atoms with Crippen molar-refractivity contribution in [3.8, 4) is 5.75 Å². The van der Waals surface area contributed by atoms with Crippen LogP contribution < -0.4 is 20.7 Å². The topological polar surface area (TPSA) is 79.5 Å². The first-order valence-corrected chi connectivity index (χ1v) is 9.17. The maximum atomic E-state index is 12.2. The minimum Gasteiger partial charge on any atom is -0.489 e. The molecule has 2 amide bonds. The van der Waals surface area contributed by atoms with E-state index < -0.39 is 0 Å². The van der Waals surface area contributed by atoms with Crippen molar-refractivity contribution in [2.45, 2.75) is 33.3 Å². The van der Waals surface area contributed by atoms with E-state index in [1.165, 1.54) is 0 Å². The quantitative estimate of drug-likeness (QED) is 0.630. The van der Waals surface area contributed by atoms with Crippen LogP contribution in [0.3, 0.4) is 0 Å². The average molecular weight is 369 g/mol. The molecule has 2 aromatic carbocycles. The summed E-state index contributed by atoms with van der Waals surface area (Å²) in [7, 11) is 0. The van der Waals surface area contributed by atoms with E-state index in [-0.39, 0.29) is 24.5 Å². The zero-order valence-corrected chi connectivity index (χ0v) is 16.0. The molecule has 144 valence electrons. The lowest BCUT2D eigenvalue weighted by Gasteiger charge is -2.15. The second-order valence-electron chi connectivity index (χ2n) is 6.40.